The van der Waals surface area contributed by atoms with Gasteiger partial charge in [0.05, 0.1) is 10.6 Å². The molecule has 30 heavy (non-hydrogen) atoms. The van der Waals surface area contributed by atoms with Crippen molar-refractivity contribution in [3.63, 3.8) is 0 Å². The highest BCUT2D eigenvalue weighted by molar-refractivity contribution is 9.10. The van der Waals surface area contributed by atoms with E-state index in [1.807, 2.05) is 20.8 Å². The van der Waals surface area contributed by atoms with Crippen LogP contribution in [0.2, 0.25) is 0 Å². The number of anilines is 1. The predicted octanol–water partition coefficient (Wildman–Crippen LogP) is 3.58. The molecule has 3 N–H and O–H groups in total. The minimum Gasteiger partial charge on any atom is -0.480 e. The Morgan fingerprint density at radius 1 is 1.07 bits per heavy atom. The maximum atomic E-state index is 13.3. The SMILES string of the molecule is Cc1ccc(S(=O)(=O)C(NC(CC(C)C)C(=O)O)C(=O)Nc2ccccc2Br)cc1. The molecule has 0 bridgehead atoms. The van der Waals surface area contributed by atoms with Gasteiger partial charge in [0.25, 0.3) is 5.91 Å². The first-order valence-electron chi connectivity index (χ1n) is 9.37. The molecule has 0 aliphatic carbocycles. The summed E-state index contributed by atoms with van der Waals surface area (Å²) in [7, 11) is -4.22. The van der Waals surface area contributed by atoms with E-state index in [1.165, 1.54) is 12.1 Å². The number of amides is 1. The molecule has 162 valence electrons. The zero-order valence-corrected chi connectivity index (χ0v) is 19.3. The number of aryl methyl sites for hydroxylation is 1. The number of nitrogens with one attached hydrogen (secondary N) is 2. The Bertz CT molecular complexity index is 1010. The van der Waals surface area contributed by atoms with Crippen LogP contribution < -0.4 is 10.6 Å². The number of para-hydroxylation sites is 1. The molecule has 2 unspecified atom stereocenters. The van der Waals surface area contributed by atoms with Crippen molar-refractivity contribution in [3.05, 3.63) is 58.6 Å². The van der Waals surface area contributed by atoms with Crippen molar-refractivity contribution in [1.29, 1.82) is 0 Å². The zero-order chi connectivity index (χ0) is 22.5. The lowest BCUT2D eigenvalue weighted by molar-refractivity contribution is -0.140. The van der Waals surface area contributed by atoms with Gasteiger partial charge in [-0.25, -0.2) is 8.42 Å². The van der Waals surface area contributed by atoms with E-state index >= 15 is 0 Å². The number of aliphatic carboxylic acids is 1. The molecule has 0 heterocycles. The maximum Gasteiger partial charge on any atom is 0.320 e. The van der Waals surface area contributed by atoms with Crippen LogP contribution in [0.1, 0.15) is 25.8 Å². The normalized spacial score (nSPS) is 13.6. The summed E-state index contributed by atoms with van der Waals surface area (Å²) in [6, 6.07) is 11.6. The lowest BCUT2D eigenvalue weighted by Gasteiger charge is -2.24. The van der Waals surface area contributed by atoms with Crippen molar-refractivity contribution in [2.24, 2.45) is 5.92 Å². The summed E-state index contributed by atoms with van der Waals surface area (Å²) < 4.78 is 27.1. The molecule has 0 spiro atoms. The largest absolute Gasteiger partial charge is 0.480 e. The van der Waals surface area contributed by atoms with Crippen LogP contribution in [0, 0.1) is 12.8 Å². The van der Waals surface area contributed by atoms with Crippen LogP contribution in [0.3, 0.4) is 0 Å². The van der Waals surface area contributed by atoms with Gasteiger partial charge in [-0.3, -0.25) is 14.9 Å². The van der Waals surface area contributed by atoms with Crippen LogP contribution in [0.4, 0.5) is 5.69 Å². The van der Waals surface area contributed by atoms with Crippen LogP contribution in [0.5, 0.6) is 0 Å². The van der Waals surface area contributed by atoms with Gasteiger partial charge in [0.1, 0.15) is 6.04 Å². The first-order chi connectivity index (χ1) is 14.0. The third-order valence-corrected chi connectivity index (χ3v) is 6.98. The summed E-state index contributed by atoms with van der Waals surface area (Å²) >= 11 is 3.31. The second-order valence-corrected chi connectivity index (χ2v) is 10.3. The number of halogens is 1. The van der Waals surface area contributed by atoms with E-state index in [2.05, 4.69) is 26.6 Å². The van der Waals surface area contributed by atoms with Crippen LogP contribution in [-0.2, 0) is 19.4 Å². The molecule has 2 atom stereocenters. The molecule has 0 aliphatic rings. The fourth-order valence-electron chi connectivity index (χ4n) is 2.83. The average Bonchev–Trinajstić information content (AvgIpc) is 2.66. The standard InChI is InChI=1S/C21H25BrN2O5S/c1-13(2)12-18(21(26)27)24-20(19(25)23-17-7-5-4-6-16(17)22)30(28,29)15-10-8-14(3)9-11-15/h4-11,13,18,20,24H,12H2,1-3H3,(H,23,25)(H,26,27). The number of carboxylic acids is 1. The summed E-state index contributed by atoms with van der Waals surface area (Å²) in [6.07, 6.45) is 0.164. The average molecular weight is 497 g/mol. The van der Waals surface area contributed by atoms with Crippen molar-refractivity contribution >= 4 is 43.3 Å². The Balaban J connectivity index is 2.45. The highest BCUT2D eigenvalue weighted by atomic mass is 79.9. The lowest BCUT2D eigenvalue weighted by Crippen LogP contribution is -2.53. The number of benzene rings is 2. The molecular weight excluding hydrogens is 472 g/mol. The van der Waals surface area contributed by atoms with E-state index in [-0.39, 0.29) is 17.2 Å². The zero-order valence-electron chi connectivity index (χ0n) is 16.9. The van der Waals surface area contributed by atoms with Gasteiger partial charge in [-0.15, -0.1) is 0 Å². The van der Waals surface area contributed by atoms with Crippen molar-refractivity contribution in [3.8, 4) is 0 Å². The first-order valence-corrected chi connectivity index (χ1v) is 11.7. The number of carbonyl (C=O) groups is 2. The molecule has 0 aromatic heterocycles. The van der Waals surface area contributed by atoms with Crippen molar-refractivity contribution < 1.29 is 23.1 Å². The van der Waals surface area contributed by atoms with E-state index in [0.717, 1.165) is 5.56 Å². The second kappa shape index (κ2) is 10.2. The van der Waals surface area contributed by atoms with E-state index < -0.39 is 33.1 Å². The van der Waals surface area contributed by atoms with Crippen molar-refractivity contribution in [1.82, 2.24) is 5.32 Å². The fraction of sp³-hybridized carbons (Fsp3) is 0.333. The molecule has 7 nitrogen and oxygen atoms in total. The van der Waals surface area contributed by atoms with Gasteiger partial charge >= 0.3 is 5.97 Å². The number of hydrogen-bond donors (Lipinski definition) is 3. The highest BCUT2D eigenvalue weighted by Crippen LogP contribution is 2.23. The van der Waals surface area contributed by atoms with Crippen LogP contribution in [0.25, 0.3) is 0 Å². The Morgan fingerprint density at radius 3 is 2.20 bits per heavy atom. The van der Waals surface area contributed by atoms with Gasteiger partial charge in [-0.1, -0.05) is 43.7 Å². The highest BCUT2D eigenvalue weighted by Gasteiger charge is 2.37. The molecule has 9 heteroatoms. The Hall–Kier alpha value is -2.23. The summed E-state index contributed by atoms with van der Waals surface area (Å²) in [5, 5.41) is 12.9. The van der Waals surface area contributed by atoms with Crippen LogP contribution in [-0.4, -0.2) is 36.8 Å². The molecular formula is C21H25BrN2O5S. The number of carboxylic acid groups (broad SMARTS) is 1. The minimum absolute atomic E-state index is 0.0207. The van der Waals surface area contributed by atoms with Crippen molar-refractivity contribution in [2.75, 3.05) is 5.32 Å². The van der Waals surface area contributed by atoms with E-state index in [4.69, 9.17) is 0 Å². The Kier molecular flexibility index (Phi) is 8.17. The van der Waals surface area contributed by atoms with E-state index in [0.29, 0.717) is 10.2 Å². The summed E-state index contributed by atoms with van der Waals surface area (Å²) in [5.41, 5.74) is 1.24. The van der Waals surface area contributed by atoms with E-state index in [9.17, 15) is 23.1 Å². The molecule has 0 radical (unpaired) electrons. The maximum absolute atomic E-state index is 13.3. The summed E-state index contributed by atoms with van der Waals surface area (Å²) in [5.74, 6) is -2.10. The number of rotatable bonds is 9. The number of carbonyl (C=O) groups excluding carboxylic acids is 1. The monoisotopic (exact) mass is 496 g/mol. The molecule has 0 saturated heterocycles. The second-order valence-electron chi connectivity index (χ2n) is 7.39. The third kappa shape index (κ3) is 6.13. The summed E-state index contributed by atoms with van der Waals surface area (Å²) in [4.78, 5) is 24.7. The van der Waals surface area contributed by atoms with Gasteiger partial charge in [-0.05, 0) is 59.5 Å². The molecule has 2 aromatic rings. The first kappa shape index (κ1) is 24.0. The molecule has 2 rings (SSSR count). The van der Waals surface area contributed by atoms with Gasteiger partial charge in [0.15, 0.2) is 5.37 Å². The molecule has 2 aromatic carbocycles. The van der Waals surface area contributed by atoms with E-state index in [1.54, 1.807) is 36.4 Å². The Morgan fingerprint density at radius 2 is 1.67 bits per heavy atom. The molecule has 1 amide bonds. The molecule has 0 aliphatic heterocycles. The topological polar surface area (TPSA) is 113 Å². The third-order valence-electron chi connectivity index (χ3n) is 4.39. The van der Waals surface area contributed by atoms with Crippen LogP contribution >= 0.6 is 15.9 Å². The molecule has 0 fully saturated rings. The number of hydrogen-bond acceptors (Lipinski definition) is 5. The Labute approximate surface area is 184 Å². The molecule has 0 saturated carbocycles. The van der Waals surface area contributed by atoms with Gasteiger partial charge in [-0.2, -0.15) is 0 Å². The number of sulfone groups is 1. The quantitative estimate of drug-likeness (QED) is 0.488. The van der Waals surface area contributed by atoms with Crippen LogP contribution in [0.15, 0.2) is 57.9 Å². The fourth-order valence-corrected chi connectivity index (χ4v) is 4.68. The minimum atomic E-state index is -4.22. The van der Waals surface area contributed by atoms with Gasteiger partial charge in [0.2, 0.25) is 9.84 Å². The smallest absolute Gasteiger partial charge is 0.320 e. The van der Waals surface area contributed by atoms with Crippen molar-refractivity contribution in [2.45, 2.75) is 43.5 Å². The van der Waals surface area contributed by atoms with Gasteiger partial charge in [0, 0.05) is 4.47 Å². The lowest BCUT2D eigenvalue weighted by atomic mass is 10.0. The summed E-state index contributed by atoms with van der Waals surface area (Å²) in [6.45, 7) is 5.46. The predicted molar refractivity (Wildman–Crippen MR) is 119 cm³/mol. The van der Waals surface area contributed by atoms with Gasteiger partial charge < -0.3 is 10.4 Å².